The van der Waals surface area contributed by atoms with Gasteiger partial charge in [-0.3, -0.25) is 9.78 Å². The minimum Gasteiger partial charge on any atom is -0.345 e. The monoisotopic (exact) mass is 342 g/mol. The highest BCUT2D eigenvalue weighted by atomic mass is 35.5. The zero-order valence-corrected chi connectivity index (χ0v) is 13.7. The number of hydrogen-bond donors (Lipinski definition) is 1. The Morgan fingerprint density at radius 2 is 2.00 bits per heavy atom. The predicted molar refractivity (Wildman–Crippen MR) is 88.4 cm³/mol. The summed E-state index contributed by atoms with van der Waals surface area (Å²) in [4.78, 5) is 16.6. The second kappa shape index (κ2) is 7.23. The third-order valence-corrected chi connectivity index (χ3v) is 3.85. The van der Waals surface area contributed by atoms with Gasteiger partial charge in [0.25, 0.3) is 0 Å². The number of halogens is 1. The molecule has 1 atom stereocenters. The van der Waals surface area contributed by atoms with Crippen molar-refractivity contribution in [3.63, 3.8) is 0 Å². The predicted octanol–water partition coefficient (Wildman–Crippen LogP) is 2.87. The molecule has 0 saturated heterocycles. The molecule has 0 radical (unpaired) electrons. The van der Waals surface area contributed by atoms with Crippen molar-refractivity contribution < 1.29 is 9.42 Å². The first-order chi connectivity index (χ1) is 11.6. The Morgan fingerprint density at radius 1 is 1.21 bits per heavy atom. The van der Waals surface area contributed by atoms with Crippen molar-refractivity contribution >= 4 is 17.5 Å². The average molecular weight is 343 g/mol. The molecule has 1 N–H and O–H groups in total. The quantitative estimate of drug-likeness (QED) is 0.771. The fourth-order valence-electron chi connectivity index (χ4n) is 2.34. The van der Waals surface area contributed by atoms with Gasteiger partial charge >= 0.3 is 0 Å². The van der Waals surface area contributed by atoms with Gasteiger partial charge in [-0.2, -0.15) is 0 Å². The van der Waals surface area contributed by atoms with Crippen LogP contribution in [0.5, 0.6) is 0 Å². The van der Waals surface area contributed by atoms with Gasteiger partial charge in [0.15, 0.2) is 0 Å². The minimum absolute atomic E-state index is 0.0969. The van der Waals surface area contributed by atoms with E-state index in [2.05, 4.69) is 25.2 Å². The van der Waals surface area contributed by atoms with Gasteiger partial charge in [-0.1, -0.05) is 40.1 Å². The molecule has 0 aliphatic carbocycles. The molecule has 0 bridgehead atoms. The number of nitrogens with one attached hydrogen (secondary N) is 1. The highest BCUT2D eigenvalue weighted by Gasteiger charge is 2.19. The van der Waals surface area contributed by atoms with Crippen molar-refractivity contribution in [3.8, 4) is 0 Å². The molecule has 0 saturated carbocycles. The lowest BCUT2D eigenvalue weighted by Gasteiger charge is -2.19. The Balaban J connectivity index is 1.83. The summed E-state index contributed by atoms with van der Waals surface area (Å²) in [5, 5.41) is 11.1. The summed E-state index contributed by atoms with van der Waals surface area (Å²) in [5.41, 5.74) is 2.92. The van der Waals surface area contributed by atoms with E-state index < -0.39 is 0 Å². The number of carbonyl (C=O) groups is 1. The summed E-state index contributed by atoms with van der Waals surface area (Å²) in [6, 6.07) is 10.7. The highest BCUT2D eigenvalue weighted by Crippen LogP contribution is 2.23. The molecule has 2 heterocycles. The van der Waals surface area contributed by atoms with Crippen LogP contribution < -0.4 is 5.32 Å². The van der Waals surface area contributed by atoms with E-state index in [1.165, 1.54) is 0 Å². The van der Waals surface area contributed by atoms with E-state index in [1.807, 2.05) is 24.3 Å². The number of benzene rings is 1. The van der Waals surface area contributed by atoms with Crippen LogP contribution in [0.3, 0.4) is 0 Å². The molecule has 1 aromatic carbocycles. The van der Waals surface area contributed by atoms with Crippen LogP contribution in [0, 0.1) is 6.92 Å². The zero-order chi connectivity index (χ0) is 16.9. The van der Waals surface area contributed by atoms with E-state index in [-0.39, 0.29) is 18.4 Å². The van der Waals surface area contributed by atoms with Gasteiger partial charge < -0.3 is 5.32 Å². The third-order valence-electron chi connectivity index (χ3n) is 3.60. The summed E-state index contributed by atoms with van der Waals surface area (Å²) in [7, 11) is 0. The van der Waals surface area contributed by atoms with Gasteiger partial charge in [-0.05, 0) is 36.2 Å². The number of rotatable bonds is 5. The molecule has 24 heavy (non-hydrogen) atoms. The van der Waals surface area contributed by atoms with Crippen LogP contribution in [0.1, 0.15) is 28.6 Å². The topological polar surface area (TPSA) is 80.9 Å². The number of pyridine rings is 1. The summed E-state index contributed by atoms with van der Waals surface area (Å²) in [6.45, 7) is 1.75. The van der Waals surface area contributed by atoms with E-state index in [4.69, 9.17) is 11.6 Å². The smallest absolute Gasteiger partial charge is 0.226 e. The Kier molecular flexibility index (Phi) is 4.86. The largest absolute Gasteiger partial charge is 0.345 e. The van der Waals surface area contributed by atoms with Crippen LogP contribution in [0.2, 0.25) is 5.02 Å². The summed E-state index contributed by atoms with van der Waals surface area (Å²) >= 11 is 5.96. The molecule has 7 heteroatoms. The molecule has 3 rings (SSSR count). The lowest BCUT2D eigenvalue weighted by Crippen LogP contribution is -2.31. The molecule has 2 aromatic heterocycles. The molecule has 0 spiro atoms. The van der Waals surface area contributed by atoms with Gasteiger partial charge in [0, 0.05) is 17.4 Å². The maximum atomic E-state index is 12.4. The highest BCUT2D eigenvalue weighted by molar-refractivity contribution is 6.30. The van der Waals surface area contributed by atoms with Crippen LogP contribution in [-0.2, 0) is 11.2 Å². The molecule has 0 fully saturated rings. The molecule has 6 nitrogen and oxygen atoms in total. The van der Waals surface area contributed by atoms with Crippen molar-refractivity contribution in [2.45, 2.75) is 19.4 Å². The number of aromatic nitrogens is 3. The fourth-order valence-corrected chi connectivity index (χ4v) is 2.46. The summed E-state index contributed by atoms with van der Waals surface area (Å²) in [6.07, 6.45) is 3.51. The number of amides is 1. The Morgan fingerprint density at radius 3 is 2.62 bits per heavy atom. The van der Waals surface area contributed by atoms with Crippen molar-refractivity contribution in [3.05, 3.63) is 76.3 Å². The number of aryl methyl sites for hydroxylation is 1. The first-order valence-corrected chi connectivity index (χ1v) is 7.74. The molecule has 1 unspecified atom stereocenters. The number of nitrogens with zero attached hydrogens (tertiary/aromatic N) is 3. The van der Waals surface area contributed by atoms with E-state index in [0.717, 1.165) is 11.1 Å². The van der Waals surface area contributed by atoms with Gasteiger partial charge in [0.1, 0.15) is 11.4 Å². The molecule has 0 aliphatic heterocycles. The SMILES string of the molecule is Cc1nonc1CC(=O)NC(c1ccc(Cl)cc1)c1cccnc1. The lowest BCUT2D eigenvalue weighted by atomic mass is 10.00. The first-order valence-electron chi connectivity index (χ1n) is 7.36. The van der Waals surface area contributed by atoms with E-state index in [0.29, 0.717) is 16.4 Å². The summed E-state index contributed by atoms with van der Waals surface area (Å²) < 4.78 is 4.63. The van der Waals surface area contributed by atoms with E-state index in [1.54, 1.807) is 31.5 Å². The normalized spacial score (nSPS) is 11.9. The van der Waals surface area contributed by atoms with E-state index in [9.17, 15) is 4.79 Å². The maximum absolute atomic E-state index is 12.4. The molecular weight excluding hydrogens is 328 g/mol. The van der Waals surface area contributed by atoms with Gasteiger partial charge in [0.05, 0.1) is 12.5 Å². The Bertz CT molecular complexity index is 818. The molecule has 1 amide bonds. The van der Waals surface area contributed by atoms with Crippen molar-refractivity contribution in [2.75, 3.05) is 0 Å². The van der Waals surface area contributed by atoms with Crippen molar-refractivity contribution in [1.29, 1.82) is 0 Å². The van der Waals surface area contributed by atoms with Gasteiger partial charge in [-0.15, -0.1) is 0 Å². The minimum atomic E-state index is -0.330. The molecule has 122 valence electrons. The fraction of sp³-hybridized carbons (Fsp3) is 0.176. The number of hydrogen-bond acceptors (Lipinski definition) is 5. The molecule has 3 aromatic rings. The maximum Gasteiger partial charge on any atom is 0.226 e. The van der Waals surface area contributed by atoms with Crippen molar-refractivity contribution in [1.82, 2.24) is 20.6 Å². The molecular formula is C17H15ClN4O2. The second-order valence-electron chi connectivity index (χ2n) is 5.31. The van der Waals surface area contributed by atoms with Crippen molar-refractivity contribution in [2.24, 2.45) is 0 Å². The van der Waals surface area contributed by atoms with E-state index >= 15 is 0 Å². The number of carbonyl (C=O) groups excluding carboxylic acids is 1. The Hall–Kier alpha value is -2.73. The average Bonchev–Trinajstić information content (AvgIpc) is 2.99. The Labute approximate surface area is 143 Å². The standard InChI is InChI=1S/C17H15ClN4O2/c1-11-15(22-24-21-11)9-16(23)20-17(13-3-2-8-19-10-13)12-4-6-14(18)7-5-12/h2-8,10,17H,9H2,1H3,(H,20,23). The zero-order valence-electron chi connectivity index (χ0n) is 12.9. The summed E-state index contributed by atoms with van der Waals surface area (Å²) in [5.74, 6) is -0.183. The van der Waals surface area contributed by atoms with Crippen LogP contribution in [0.15, 0.2) is 53.4 Å². The van der Waals surface area contributed by atoms with Crippen LogP contribution in [-0.4, -0.2) is 21.2 Å². The van der Waals surface area contributed by atoms with Gasteiger partial charge in [-0.25, -0.2) is 4.63 Å². The second-order valence-corrected chi connectivity index (χ2v) is 5.75. The first kappa shape index (κ1) is 16.1. The molecule has 0 aliphatic rings. The third kappa shape index (κ3) is 3.78. The van der Waals surface area contributed by atoms with Crippen LogP contribution >= 0.6 is 11.6 Å². The lowest BCUT2D eigenvalue weighted by molar-refractivity contribution is -0.121. The van der Waals surface area contributed by atoms with Crippen LogP contribution in [0.4, 0.5) is 0 Å². The van der Waals surface area contributed by atoms with Crippen LogP contribution in [0.25, 0.3) is 0 Å². The van der Waals surface area contributed by atoms with Gasteiger partial charge in [0.2, 0.25) is 5.91 Å².